The smallest absolute Gasteiger partial charge is 0.528 e. The predicted octanol–water partition coefficient (Wildman–Crippen LogP) is 6.02. The van der Waals surface area contributed by atoms with E-state index in [2.05, 4.69) is 0 Å². The van der Waals surface area contributed by atoms with Crippen LogP contribution in [0, 0.1) is 0 Å². The fourth-order valence-corrected chi connectivity index (χ4v) is 2.56. The zero-order valence-electron chi connectivity index (χ0n) is 17.2. The molecule has 11 heteroatoms. The van der Waals surface area contributed by atoms with E-state index < -0.39 is 42.7 Å². The van der Waals surface area contributed by atoms with Gasteiger partial charge in [-0.05, 0) is 64.1 Å². The highest BCUT2D eigenvalue weighted by atomic mass is 19.4. The summed E-state index contributed by atoms with van der Waals surface area (Å²) < 4.78 is 101. The lowest BCUT2D eigenvalue weighted by molar-refractivity contribution is -0.139. The molecule has 0 spiro atoms. The lowest BCUT2D eigenvalue weighted by Gasteiger charge is -2.18. The molecule has 0 atom stereocenters. The Morgan fingerprint density at radius 2 is 1.00 bits per heavy atom. The Kier molecular flexibility index (Phi) is 7.61. The Labute approximate surface area is 176 Å². The van der Waals surface area contributed by atoms with Crippen molar-refractivity contribution in [2.75, 3.05) is 0 Å². The van der Waals surface area contributed by atoms with E-state index in [1.165, 1.54) is 12.1 Å². The first-order valence-corrected chi connectivity index (χ1v) is 9.28. The molecule has 0 aromatic heterocycles. The van der Waals surface area contributed by atoms with Crippen molar-refractivity contribution in [3.8, 4) is 23.0 Å². The van der Waals surface area contributed by atoms with Gasteiger partial charge in [-0.15, -0.1) is 0 Å². The molecule has 0 radical (unpaired) electrons. The van der Waals surface area contributed by atoms with Crippen molar-refractivity contribution in [3.05, 3.63) is 47.5 Å². The zero-order valence-corrected chi connectivity index (χ0v) is 17.2. The molecule has 4 nitrogen and oxygen atoms in total. The lowest BCUT2D eigenvalue weighted by Crippen LogP contribution is -2.18. The van der Waals surface area contributed by atoms with E-state index in [1.807, 2.05) is 0 Å². The van der Waals surface area contributed by atoms with Gasteiger partial charge in [0.1, 0.15) is 23.0 Å². The van der Waals surface area contributed by atoms with Crippen LogP contribution < -0.4 is 18.8 Å². The van der Waals surface area contributed by atoms with E-state index in [4.69, 9.17) is 18.8 Å². The van der Waals surface area contributed by atoms with Crippen molar-refractivity contribution >= 4 is 7.69 Å². The van der Waals surface area contributed by atoms with E-state index in [-0.39, 0.29) is 23.7 Å². The van der Waals surface area contributed by atoms with Gasteiger partial charge in [0.15, 0.2) is 0 Å². The van der Waals surface area contributed by atoms with Gasteiger partial charge in [0.25, 0.3) is 0 Å². The van der Waals surface area contributed by atoms with Crippen LogP contribution in [0.5, 0.6) is 23.0 Å². The molecule has 170 valence electrons. The van der Waals surface area contributed by atoms with Crippen molar-refractivity contribution in [2.45, 2.75) is 52.3 Å². The van der Waals surface area contributed by atoms with E-state index in [0.717, 1.165) is 24.3 Å². The molecule has 2 aromatic carbocycles. The molecule has 0 heterocycles. The number of halogens is 6. The average molecular weight is 450 g/mol. The summed E-state index contributed by atoms with van der Waals surface area (Å²) in [5.74, 6) is -1.24. The number of hydrogen-bond donors (Lipinski definition) is 0. The maximum atomic E-state index is 13.3. The number of alkyl halides is 6. The summed E-state index contributed by atoms with van der Waals surface area (Å²) in [4.78, 5) is 0. The molecule has 2 aromatic rings. The van der Waals surface area contributed by atoms with Gasteiger partial charge in [0.2, 0.25) is 0 Å². The van der Waals surface area contributed by atoms with E-state index >= 15 is 0 Å². The largest absolute Gasteiger partial charge is 0.576 e. The van der Waals surface area contributed by atoms with Gasteiger partial charge in [0.05, 0.1) is 23.3 Å². The van der Waals surface area contributed by atoms with Gasteiger partial charge in [-0.1, -0.05) is 0 Å². The summed E-state index contributed by atoms with van der Waals surface area (Å²) in [6.45, 7) is 6.62. The molecule has 0 aliphatic heterocycles. The molecule has 0 aliphatic rings. The van der Waals surface area contributed by atoms with Crippen molar-refractivity contribution < 1.29 is 45.1 Å². The summed E-state index contributed by atoms with van der Waals surface area (Å²) in [7, 11) is -0.874. The Hall–Kier alpha value is -2.72. The fourth-order valence-electron chi connectivity index (χ4n) is 2.56. The first kappa shape index (κ1) is 24.6. The Bertz CT molecular complexity index is 809. The van der Waals surface area contributed by atoms with Crippen LogP contribution in [0.3, 0.4) is 0 Å². The van der Waals surface area contributed by atoms with Gasteiger partial charge in [-0.2, -0.15) is 26.3 Å². The van der Waals surface area contributed by atoms with Crippen LogP contribution in [0.1, 0.15) is 38.8 Å². The summed E-state index contributed by atoms with van der Waals surface area (Å²) in [5, 5.41) is 0. The Morgan fingerprint density at radius 1 is 0.645 bits per heavy atom. The molecule has 0 unspecified atom stereocenters. The molecule has 31 heavy (non-hydrogen) atoms. The molecule has 0 bridgehead atoms. The summed E-state index contributed by atoms with van der Waals surface area (Å²) >= 11 is 0. The second-order valence-corrected chi connectivity index (χ2v) is 7.05. The highest BCUT2D eigenvalue weighted by Gasteiger charge is 2.36. The van der Waals surface area contributed by atoms with Crippen LogP contribution >= 0.6 is 0 Å². The van der Waals surface area contributed by atoms with Crippen LogP contribution in [0.25, 0.3) is 0 Å². The van der Waals surface area contributed by atoms with Gasteiger partial charge in [-0.25, -0.2) is 0 Å². The van der Waals surface area contributed by atoms with Gasteiger partial charge < -0.3 is 18.8 Å². The van der Waals surface area contributed by atoms with Gasteiger partial charge in [0, 0.05) is 0 Å². The second kappa shape index (κ2) is 9.61. The molecule has 0 fully saturated rings. The zero-order chi connectivity index (χ0) is 23.4. The van der Waals surface area contributed by atoms with Crippen LogP contribution in [-0.2, 0) is 12.4 Å². The Morgan fingerprint density at radius 3 is 1.29 bits per heavy atom. The lowest BCUT2D eigenvalue weighted by atomic mass is 10.1. The minimum Gasteiger partial charge on any atom is -0.528 e. The van der Waals surface area contributed by atoms with Crippen molar-refractivity contribution in [2.24, 2.45) is 0 Å². The topological polar surface area (TPSA) is 36.9 Å². The van der Waals surface area contributed by atoms with E-state index in [0.29, 0.717) is 0 Å². The van der Waals surface area contributed by atoms with E-state index in [9.17, 15) is 26.3 Å². The Balaban J connectivity index is 2.21. The number of benzene rings is 2. The molecule has 0 saturated heterocycles. The number of rotatable bonds is 8. The third-order valence-corrected chi connectivity index (χ3v) is 3.69. The van der Waals surface area contributed by atoms with E-state index in [1.54, 1.807) is 27.7 Å². The molecule has 0 amide bonds. The van der Waals surface area contributed by atoms with Crippen LogP contribution in [0.4, 0.5) is 26.3 Å². The summed E-state index contributed by atoms with van der Waals surface area (Å²) in [6.07, 6.45) is -10.2. The maximum Gasteiger partial charge on any atom is 0.576 e. The monoisotopic (exact) mass is 450 g/mol. The third-order valence-electron chi connectivity index (χ3n) is 3.69. The predicted molar refractivity (Wildman–Crippen MR) is 103 cm³/mol. The van der Waals surface area contributed by atoms with Crippen LogP contribution in [0.2, 0.25) is 0 Å². The van der Waals surface area contributed by atoms with Crippen LogP contribution in [-0.4, -0.2) is 19.9 Å². The number of hydrogen-bond acceptors (Lipinski definition) is 4. The second-order valence-electron chi connectivity index (χ2n) is 7.05. The quantitative estimate of drug-likeness (QED) is 0.364. The minimum atomic E-state index is -4.77. The highest BCUT2D eigenvalue weighted by molar-refractivity contribution is 6.20. The van der Waals surface area contributed by atoms with Crippen LogP contribution in [0.15, 0.2) is 36.4 Å². The first-order valence-electron chi connectivity index (χ1n) is 9.28. The molecule has 0 aliphatic carbocycles. The molecular formula is C20H21BF6O4. The summed E-state index contributed by atoms with van der Waals surface area (Å²) in [5.41, 5.74) is -2.27. The molecule has 0 N–H and O–H groups in total. The highest BCUT2D eigenvalue weighted by Crippen LogP contribution is 2.40. The van der Waals surface area contributed by atoms with Crippen molar-refractivity contribution in [1.82, 2.24) is 0 Å². The SMILES string of the molecule is CC(C)Oc1ccc(OBOc2ccc(OC(C)C)cc2C(F)(F)F)c(C(F)(F)F)c1. The van der Waals surface area contributed by atoms with Gasteiger partial charge in [-0.3, -0.25) is 0 Å². The van der Waals surface area contributed by atoms with Gasteiger partial charge >= 0.3 is 20.0 Å². The number of ether oxygens (including phenoxy) is 2. The van der Waals surface area contributed by atoms with Crippen molar-refractivity contribution in [3.63, 3.8) is 0 Å². The average Bonchev–Trinajstić information content (AvgIpc) is 2.61. The molecular weight excluding hydrogens is 429 g/mol. The molecule has 2 rings (SSSR count). The third kappa shape index (κ3) is 7.18. The van der Waals surface area contributed by atoms with Crippen molar-refractivity contribution in [1.29, 1.82) is 0 Å². The standard InChI is InChI=1S/C20H21BF6O4/c1-11(2)28-13-5-7-17(15(9-13)19(22,23)24)30-21-31-18-8-6-14(29-12(3)4)10-16(18)20(25,26)27/h5-12,21H,1-4H3. The maximum absolute atomic E-state index is 13.3. The first-order chi connectivity index (χ1) is 14.3. The normalized spacial score (nSPS) is 12.1. The minimum absolute atomic E-state index is 0.0179. The fraction of sp³-hybridized carbons (Fsp3) is 0.400. The summed E-state index contributed by atoms with van der Waals surface area (Å²) in [6, 6.07) is 6.10. The molecule has 0 saturated carbocycles.